The van der Waals surface area contributed by atoms with Crippen LogP contribution in [0.1, 0.15) is 86.0 Å². The van der Waals surface area contributed by atoms with Gasteiger partial charge in [0.15, 0.2) is 0 Å². The Balaban J connectivity index is 5.70. The lowest BCUT2D eigenvalue weighted by Gasteiger charge is -2.26. The smallest absolute Gasteiger partial charge is 0.303 e. The summed E-state index contributed by atoms with van der Waals surface area (Å²) in [6.07, 6.45) is 1.45. The van der Waals surface area contributed by atoms with E-state index in [9.17, 15) is 43.2 Å². The van der Waals surface area contributed by atoms with E-state index in [1.807, 2.05) is 0 Å². The molecule has 7 atom stereocenters. The minimum absolute atomic E-state index is 0.108. The molecule has 0 heterocycles. The predicted octanol–water partition coefficient (Wildman–Crippen LogP) is -3.91. The van der Waals surface area contributed by atoms with Gasteiger partial charge in [0.2, 0.25) is 47.3 Å². The molecule has 0 fully saturated rings. The van der Waals surface area contributed by atoms with E-state index in [1.165, 1.54) is 34.6 Å². The number of unbranched alkanes of at least 4 members (excludes halogenated alkanes) is 2. The number of carboxylic acid groups (broad SMARTS) is 1. The second-order valence-electron chi connectivity index (χ2n) is 12.2. The molecule has 20 nitrogen and oxygen atoms in total. The first-order chi connectivity index (χ1) is 23.8. The van der Waals surface area contributed by atoms with E-state index in [4.69, 9.17) is 22.3 Å². The largest absolute Gasteiger partial charge is 0.481 e. The van der Waals surface area contributed by atoms with Crippen LogP contribution >= 0.6 is 0 Å². The second kappa shape index (κ2) is 24.3. The lowest BCUT2D eigenvalue weighted by atomic mass is 10.1. The van der Waals surface area contributed by atoms with Gasteiger partial charge >= 0.3 is 5.97 Å². The van der Waals surface area contributed by atoms with Gasteiger partial charge in [-0.2, -0.15) is 0 Å². The van der Waals surface area contributed by atoms with Gasteiger partial charge in [-0.1, -0.05) is 0 Å². The molecule has 0 saturated carbocycles. The Morgan fingerprint density at radius 2 is 0.824 bits per heavy atom. The van der Waals surface area contributed by atoms with Crippen molar-refractivity contribution in [1.29, 1.82) is 0 Å². The highest BCUT2D eigenvalue weighted by Crippen LogP contribution is 2.06. The maximum atomic E-state index is 13.3. The Labute approximate surface area is 297 Å². The third kappa shape index (κ3) is 19.2. The van der Waals surface area contributed by atoms with Crippen LogP contribution in [-0.2, 0) is 43.2 Å². The number of aliphatic carboxylic acids is 1. The number of rotatable bonds is 25. The normalized spacial score (nSPS) is 14.9. The molecule has 0 aliphatic carbocycles. The number of carboxylic acids is 1. The van der Waals surface area contributed by atoms with Crippen molar-refractivity contribution in [1.82, 2.24) is 37.2 Å². The van der Waals surface area contributed by atoms with Gasteiger partial charge in [0.1, 0.15) is 42.3 Å². The van der Waals surface area contributed by atoms with Gasteiger partial charge in [-0.15, -0.1) is 0 Å². The van der Waals surface area contributed by atoms with E-state index in [2.05, 4.69) is 37.2 Å². The molecular weight excluding hydrogens is 672 g/mol. The summed E-state index contributed by atoms with van der Waals surface area (Å²) in [4.78, 5) is 112. The topological polar surface area (TPSA) is 336 Å². The van der Waals surface area contributed by atoms with Gasteiger partial charge in [0, 0.05) is 13.3 Å². The Bertz CT molecular complexity index is 1230. The highest BCUT2D eigenvalue weighted by molar-refractivity contribution is 5.97. The molecule has 0 rings (SSSR count). The van der Waals surface area contributed by atoms with Crippen molar-refractivity contribution in [3.63, 3.8) is 0 Å². The molecule has 0 saturated heterocycles. The number of primary amides is 1. The molecule has 0 bridgehead atoms. The third-order valence-electron chi connectivity index (χ3n) is 7.54. The molecule has 0 aliphatic heterocycles. The van der Waals surface area contributed by atoms with E-state index in [-0.39, 0.29) is 19.3 Å². The highest BCUT2D eigenvalue weighted by Gasteiger charge is 2.31. The van der Waals surface area contributed by atoms with Crippen LogP contribution in [0.4, 0.5) is 0 Å². The van der Waals surface area contributed by atoms with E-state index < -0.39 is 102 Å². The Hall–Kier alpha value is -4.85. The molecular formula is C31H56N10O10. The number of carbonyl (C=O) groups is 9. The quantitative estimate of drug-likeness (QED) is 0.0402. The standard InChI is InChI=1S/C31H56N10O10/c1-16(25(34)45)36-29(49)21(10-6-8-14-32)39-27(47)18(3)37-30(50)22(11-7-9-15-33)40-28(48)19(4)38-31(51)23(12-13-24(43)44)41-26(46)17(2)35-20(5)42/h16-19,21-23H,6-15,32-33H2,1-5H3,(H2,34,45)(H,35,42)(H,36,49)(H,37,50)(H,38,51)(H,39,47)(H,40,48)(H,41,46)(H,43,44)/t16-,17-,18-,19-,21-,22-,23-/m0/s1. The number of nitrogens with two attached hydrogens (primary N) is 3. The fraction of sp³-hybridized carbons (Fsp3) is 0.710. The zero-order valence-electron chi connectivity index (χ0n) is 30.0. The highest BCUT2D eigenvalue weighted by atomic mass is 16.4. The Morgan fingerprint density at radius 1 is 0.490 bits per heavy atom. The second-order valence-corrected chi connectivity index (χ2v) is 12.2. The molecule has 0 aliphatic rings. The van der Waals surface area contributed by atoms with Gasteiger partial charge < -0.3 is 59.5 Å². The fourth-order valence-corrected chi connectivity index (χ4v) is 4.46. The van der Waals surface area contributed by atoms with Crippen LogP contribution in [0.5, 0.6) is 0 Å². The minimum Gasteiger partial charge on any atom is -0.481 e. The summed E-state index contributed by atoms with van der Waals surface area (Å²) in [5.74, 6) is -7.08. The molecule has 14 N–H and O–H groups in total. The monoisotopic (exact) mass is 728 g/mol. The minimum atomic E-state index is -1.37. The van der Waals surface area contributed by atoms with Crippen molar-refractivity contribution in [2.45, 2.75) is 128 Å². The average Bonchev–Trinajstić information content (AvgIpc) is 3.04. The van der Waals surface area contributed by atoms with Crippen LogP contribution in [0, 0.1) is 0 Å². The summed E-state index contributed by atoms with van der Waals surface area (Å²) in [6, 6.07) is -8.10. The summed E-state index contributed by atoms with van der Waals surface area (Å²) in [5, 5.41) is 26.2. The molecule has 290 valence electrons. The number of nitrogens with one attached hydrogen (secondary N) is 7. The lowest BCUT2D eigenvalue weighted by molar-refractivity contribution is -0.138. The van der Waals surface area contributed by atoms with Crippen LogP contribution in [0.15, 0.2) is 0 Å². The lowest BCUT2D eigenvalue weighted by Crippen LogP contribution is -2.59. The first-order valence-electron chi connectivity index (χ1n) is 16.8. The Morgan fingerprint density at radius 3 is 1.14 bits per heavy atom. The predicted molar refractivity (Wildman–Crippen MR) is 184 cm³/mol. The van der Waals surface area contributed by atoms with Gasteiger partial charge in [-0.25, -0.2) is 0 Å². The van der Waals surface area contributed by atoms with Gasteiger partial charge in [-0.3, -0.25) is 43.2 Å². The number of hydrogen-bond donors (Lipinski definition) is 11. The zero-order chi connectivity index (χ0) is 39.3. The van der Waals surface area contributed by atoms with Gasteiger partial charge in [0.05, 0.1) is 0 Å². The van der Waals surface area contributed by atoms with Crippen LogP contribution in [-0.4, -0.2) is 114 Å². The van der Waals surface area contributed by atoms with Gasteiger partial charge in [0.25, 0.3) is 0 Å². The molecule has 20 heteroatoms. The average molecular weight is 729 g/mol. The molecule has 0 spiro atoms. The first kappa shape index (κ1) is 46.1. The van der Waals surface area contributed by atoms with Crippen LogP contribution in [0.3, 0.4) is 0 Å². The molecule has 8 amide bonds. The summed E-state index contributed by atoms with van der Waals surface area (Å²) in [6.45, 7) is 7.28. The SMILES string of the molecule is CC(=O)N[C@@H](C)C(=O)N[C@@H](CCC(=O)O)C(=O)N[C@@H](C)C(=O)N[C@@H](CCCCN)C(=O)N[C@@H](C)C(=O)N[C@@H](CCCCN)C(=O)N[C@@H](C)C(N)=O. The molecule has 51 heavy (non-hydrogen) atoms. The van der Waals surface area contributed by atoms with Crippen molar-refractivity contribution in [3.8, 4) is 0 Å². The third-order valence-corrected chi connectivity index (χ3v) is 7.54. The maximum Gasteiger partial charge on any atom is 0.303 e. The molecule has 0 unspecified atom stereocenters. The van der Waals surface area contributed by atoms with E-state index in [0.29, 0.717) is 38.8 Å². The van der Waals surface area contributed by atoms with Crippen molar-refractivity contribution in [3.05, 3.63) is 0 Å². The Kier molecular flexibility index (Phi) is 22.0. The van der Waals surface area contributed by atoms with Crippen molar-refractivity contribution < 1.29 is 48.3 Å². The summed E-state index contributed by atoms with van der Waals surface area (Å²) in [5.41, 5.74) is 16.3. The van der Waals surface area contributed by atoms with E-state index >= 15 is 0 Å². The number of carbonyl (C=O) groups excluding carboxylic acids is 8. The van der Waals surface area contributed by atoms with Crippen molar-refractivity contribution in [2.75, 3.05) is 13.1 Å². The maximum absolute atomic E-state index is 13.3. The summed E-state index contributed by atoms with van der Waals surface area (Å²) >= 11 is 0. The molecule has 0 aromatic rings. The summed E-state index contributed by atoms with van der Waals surface area (Å²) < 4.78 is 0. The number of hydrogen-bond acceptors (Lipinski definition) is 11. The molecule has 0 aromatic heterocycles. The fourth-order valence-electron chi connectivity index (χ4n) is 4.46. The molecule has 0 radical (unpaired) electrons. The van der Waals surface area contributed by atoms with E-state index in [0.717, 1.165) is 0 Å². The van der Waals surface area contributed by atoms with Crippen LogP contribution in [0.2, 0.25) is 0 Å². The first-order valence-corrected chi connectivity index (χ1v) is 16.8. The molecule has 0 aromatic carbocycles. The zero-order valence-corrected chi connectivity index (χ0v) is 30.0. The van der Waals surface area contributed by atoms with Crippen LogP contribution in [0.25, 0.3) is 0 Å². The van der Waals surface area contributed by atoms with Crippen molar-refractivity contribution in [2.24, 2.45) is 17.2 Å². The number of amides is 8. The van der Waals surface area contributed by atoms with E-state index in [1.54, 1.807) is 0 Å². The van der Waals surface area contributed by atoms with Gasteiger partial charge in [-0.05, 0) is 85.7 Å². The van der Waals surface area contributed by atoms with Crippen LogP contribution < -0.4 is 54.4 Å². The van der Waals surface area contributed by atoms with Crippen molar-refractivity contribution >= 4 is 53.2 Å². The summed E-state index contributed by atoms with van der Waals surface area (Å²) in [7, 11) is 0.